The maximum atomic E-state index is 13.5. The van der Waals surface area contributed by atoms with Gasteiger partial charge in [-0.1, -0.05) is 24.3 Å². The van der Waals surface area contributed by atoms with Crippen LogP contribution in [0.4, 0.5) is 17.6 Å². The molecule has 0 aliphatic heterocycles. The molecular formula is C16H13F4NO3. The second-order valence-electron chi connectivity index (χ2n) is 4.82. The Labute approximate surface area is 134 Å². The molecule has 1 atom stereocenters. The van der Waals surface area contributed by atoms with Crippen LogP contribution in [0.25, 0.3) is 0 Å². The molecule has 0 bridgehead atoms. The number of amides is 1. The minimum absolute atomic E-state index is 0.00644. The predicted octanol–water partition coefficient (Wildman–Crippen LogP) is 3.19. The topological polar surface area (TPSA) is 58.6 Å². The van der Waals surface area contributed by atoms with E-state index in [1.807, 2.05) is 0 Å². The Morgan fingerprint density at radius 1 is 1.17 bits per heavy atom. The van der Waals surface area contributed by atoms with Crippen LogP contribution in [-0.4, -0.2) is 23.9 Å². The zero-order chi connectivity index (χ0) is 17.7. The van der Waals surface area contributed by atoms with Crippen molar-refractivity contribution in [3.05, 3.63) is 65.5 Å². The molecule has 2 aromatic carbocycles. The molecule has 0 fully saturated rings. The van der Waals surface area contributed by atoms with Gasteiger partial charge in [0.15, 0.2) is 0 Å². The number of nitrogens with one attached hydrogen (secondary N) is 1. The molecule has 8 heteroatoms. The quantitative estimate of drug-likeness (QED) is 0.820. The zero-order valence-corrected chi connectivity index (χ0v) is 12.2. The molecule has 0 aromatic heterocycles. The van der Waals surface area contributed by atoms with Gasteiger partial charge in [0.25, 0.3) is 5.91 Å². The number of hydrogen-bond donors (Lipinski definition) is 2. The second-order valence-corrected chi connectivity index (χ2v) is 4.82. The Morgan fingerprint density at radius 3 is 2.54 bits per heavy atom. The fourth-order valence-corrected chi connectivity index (χ4v) is 1.98. The summed E-state index contributed by atoms with van der Waals surface area (Å²) in [6.07, 6.45) is -6.15. The molecule has 128 valence electrons. The highest BCUT2D eigenvalue weighted by molar-refractivity contribution is 5.94. The molecule has 0 saturated heterocycles. The molecular weight excluding hydrogens is 330 g/mol. The molecule has 0 aliphatic carbocycles. The Morgan fingerprint density at radius 2 is 1.88 bits per heavy atom. The number of aliphatic hydroxyl groups is 1. The lowest BCUT2D eigenvalue weighted by Crippen LogP contribution is -2.28. The molecule has 0 heterocycles. The first-order valence-corrected chi connectivity index (χ1v) is 6.83. The van der Waals surface area contributed by atoms with Crippen molar-refractivity contribution in [3.8, 4) is 5.75 Å². The highest BCUT2D eigenvalue weighted by atomic mass is 19.4. The first-order valence-electron chi connectivity index (χ1n) is 6.83. The van der Waals surface area contributed by atoms with Crippen LogP contribution < -0.4 is 10.1 Å². The van der Waals surface area contributed by atoms with E-state index >= 15 is 0 Å². The minimum atomic E-state index is -4.86. The average Bonchev–Trinajstić information content (AvgIpc) is 2.51. The summed E-state index contributed by atoms with van der Waals surface area (Å²) in [6.45, 7) is -0.301. The van der Waals surface area contributed by atoms with Crippen LogP contribution in [0.1, 0.15) is 22.0 Å². The summed E-state index contributed by atoms with van der Waals surface area (Å²) < 4.78 is 53.7. The molecule has 2 N–H and O–H groups in total. The lowest BCUT2D eigenvalue weighted by molar-refractivity contribution is -0.274. The van der Waals surface area contributed by atoms with Crippen LogP contribution in [0.15, 0.2) is 48.5 Å². The van der Waals surface area contributed by atoms with Crippen molar-refractivity contribution in [3.63, 3.8) is 0 Å². The number of halogens is 4. The van der Waals surface area contributed by atoms with Gasteiger partial charge in [-0.3, -0.25) is 4.79 Å². The highest BCUT2D eigenvalue weighted by Crippen LogP contribution is 2.23. The van der Waals surface area contributed by atoms with E-state index in [2.05, 4.69) is 10.1 Å². The summed E-state index contributed by atoms with van der Waals surface area (Å²) >= 11 is 0. The number of carbonyl (C=O) groups is 1. The van der Waals surface area contributed by atoms with Crippen LogP contribution in [0.5, 0.6) is 5.75 Å². The summed E-state index contributed by atoms with van der Waals surface area (Å²) in [4.78, 5) is 11.9. The number of benzene rings is 2. The molecule has 0 saturated carbocycles. The van der Waals surface area contributed by atoms with Crippen molar-refractivity contribution in [2.24, 2.45) is 0 Å². The van der Waals surface area contributed by atoms with Crippen LogP contribution in [0, 0.1) is 5.82 Å². The van der Waals surface area contributed by atoms with Crippen molar-refractivity contribution in [2.75, 3.05) is 6.54 Å². The van der Waals surface area contributed by atoms with Gasteiger partial charge in [-0.25, -0.2) is 4.39 Å². The standard InChI is InChI=1S/C16H13F4NO3/c17-13-7-2-1-6-12(13)14(22)9-21-15(23)10-4-3-5-11(8-10)24-16(18,19)20/h1-8,14,22H,9H2,(H,21,23). The number of ether oxygens (including phenoxy) is 1. The molecule has 1 unspecified atom stereocenters. The minimum Gasteiger partial charge on any atom is -0.406 e. The van der Waals surface area contributed by atoms with Gasteiger partial charge < -0.3 is 15.2 Å². The lowest BCUT2D eigenvalue weighted by Gasteiger charge is -2.14. The highest BCUT2D eigenvalue weighted by Gasteiger charge is 2.31. The molecule has 0 spiro atoms. The first kappa shape index (κ1) is 17.7. The van der Waals surface area contributed by atoms with Gasteiger partial charge in [-0.2, -0.15) is 0 Å². The van der Waals surface area contributed by atoms with Crippen molar-refractivity contribution in [1.82, 2.24) is 5.32 Å². The molecule has 24 heavy (non-hydrogen) atoms. The average molecular weight is 343 g/mol. The van der Waals surface area contributed by atoms with Gasteiger partial charge in [0.05, 0.1) is 6.10 Å². The summed E-state index contributed by atoms with van der Waals surface area (Å²) in [7, 11) is 0. The number of rotatable bonds is 5. The first-order chi connectivity index (χ1) is 11.3. The molecule has 0 aliphatic rings. The van der Waals surface area contributed by atoms with Gasteiger partial charge >= 0.3 is 6.36 Å². The second kappa shape index (κ2) is 7.31. The largest absolute Gasteiger partial charge is 0.573 e. The predicted molar refractivity (Wildman–Crippen MR) is 76.8 cm³/mol. The Bertz CT molecular complexity index is 718. The number of aliphatic hydroxyl groups excluding tert-OH is 1. The summed E-state index contributed by atoms with van der Waals surface area (Å²) in [6, 6.07) is 9.99. The van der Waals surface area contributed by atoms with Gasteiger partial charge in [0.1, 0.15) is 11.6 Å². The van der Waals surface area contributed by atoms with Gasteiger partial charge in [-0.05, 0) is 24.3 Å². The van der Waals surface area contributed by atoms with Gasteiger partial charge in [-0.15, -0.1) is 13.2 Å². The van der Waals surface area contributed by atoms with E-state index in [1.165, 1.54) is 36.4 Å². The Hall–Kier alpha value is -2.61. The van der Waals surface area contributed by atoms with Crippen LogP contribution in [-0.2, 0) is 0 Å². The van der Waals surface area contributed by atoms with E-state index in [-0.39, 0.29) is 17.7 Å². The fraction of sp³-hybridized carbons (Fsp3) is 0.188. The summed E-state index contributed by atoms with van der Waals surface area (Å²) in [5.41, 5.74) is -0.0792. The van der Waals surface area contributed by atoms with Crippen molar-refractivity contribution < 1.29 is 32.2 Å². The normalized spacial score (nSPS) is 12.5. The maximum absolute atomic E-state index is 13.5. The SMILES string of the molecule is O=C(NCC(O)c1ccccc1F)c1cccc(OC(F)(F)F)c1. The van der Waals surface area contributed by atoms with Crippen molar-refractivity contribution >= 4 is 5.91 Å². The van der Waals surface area contributed by atoms with E-state index in [1.54, 1.807) is 0 Å². The molecule has 0 radical (unpaired) electrons. The third-order valence-corrected chi connectivity index (χ3v) is 3.05. The molecule has 4 nitrogen and oxygen atoms in total. The third kappa shape index (κ3) is 4.95. The number of hydrogen-bond acceptors (Lipinski definition) is 3. The van der Waals surface area contributed by atoms with E-state index < -0.39 is 29.9 Å². The molecule has 2 aromatic rings. The van der Waals surface area contributed by atoms with Gasteiger partial charge in [0.2, 0.25) is 0 Å². The number of carbonyl (C=O) groups excluding carboxylic acids is 1. The number of alkyl halides is 3. The van der Waals surface area contributed by atoms with Crippen LogP contribution in [0.3, 0.4) is 0 Å². The van der Waals surface area contributed by atoms with E-state index in [9.17, 15) is 27.5 Å². The maximum Gasteiger partial charge on any atom is 0.573 e. The van der Waals surface area contributed by atoms with Gasteiger partial charge in [0, 0.05) is 17.7 Å². The fourth-order valence-electron chi connectivity index (χ4n) is 1.98. The van der Waals surface area contributed by atoms with Crippen LogP contribution in [0.2, 0.25) is 0 Å². The van der Waals surface area contributed by atoms with E-state index in [4.69, 9.17) is 0 Å². The van der Waals surface area contributed by atoms with Crippen molar-refractivity contribution in [1.29, 1.82) is 0 Å². The summed E-state index contributed by atoms with van der Waals surface area (Å²) in [5, 5.41) is 12.2. The monoisotopic (exact) mass is 343 g/mol. The third-order valence-electron chi connectivity index (χ3n) is 3.05. The Kier molecular flexibility index (Phi) is 5.40. The lowest BCUT2D eigenvalue weighted by atomic mass is 10.1. The molecule has 1 amide bonds. The van der Waals surface area contributed by atoms with Crippen LogP contribution >= 0.6 is 0 Å². The smallest absolute Gasteiger partial charge is 0.406 e. The zero-order valence-electron chi connectivity index (χ0n) is 12.2. The summed E-state index contributed by atoms with van der Waals surface area (Å²) in [5.74, 6) is -1.89. The Balaban J connectivity index is 2.00. The van der Waals surface area contributed by atoms with E-state index in [0.717, 1.165) is 12.1 Å². The molecule has 2 rings (SSSR count). The van der Waals surface area contributed by atoms with Crippen molar-refractivity contribution in [2.45, 2.75) is 12.5 Å². The van der Waals surface area contributed by atoms with E-state index in [0.29, 0.717) is 0 Å².